The van der Waals surface area contributed by atoms with Gasteiger partial charge in [0.05, 0.1) is 19.1 Å². The van der Waals surface area contributed by atoms with E-state index in [0.717, 1.165) is 31.5 Å². The molecule has 26 heavy (non-hydrogen) atoms. The summed E-state index contributed by atoms with van der Waals surface area (Å²) < 4.78 is 31.6. The first-order chi connectivity index (χ1) is 12.2. The highest BCUT2D eigenvalue weighted by atomic mass is 32.2. The second-order valence-corrected chi connectivity index (χ2v) is 8.53. The van der Waals surface area contributed by atoms with Crippen molar-refractivity contribution in [3.8, 4) is 5.75 Å². The van der Waals surface area contributed by atoms with E-state index in [2.05, 4.69) is 11.8 Å². The highest BCUT2D eigenvalue weighted by molar-refractivity contribution is 7.92. The maximum absolute atomic E-state index is 13.0. The topological polar surface area (TPSA) is 70.2 Å². The van der Waals surface area contributed by atoms with Crippen LogP contribution in [0.5, 0.6) is 5.75 Å². The van der Waals surface area contributed by atoms with Crippen LogP contribution in [0.3, 0.4) is 0 Å². The molecule has 2 rings (SSSR count). The van der Waals surface area contributed by atoms with E-state index >= 15 is 0 Å². The molecule has 1 saturated heterocycles. The van der Waals surface area contributed by atoms with Crippen molar-refractivity contribution in [2.45, 2.75) is 26.8 Å². The van der Waals surface area contributed by atoms with Gasteiger partial charge in [-0.25, -0.2) is 8.42 Å². The number of anilines is 1. The van der Waals surface area contributed by atoms with E-state index in [4.69, 9.17) is 4.74 Å². The number of methoxy groups -OCH3 is 1. The quantitative estimate of drug-likeness (QED) is 0.741. The molecule has 0 N–H and O–H groups in total. The van der Waals surface area contributed by atoms with Crippen molar-refractivity contribution in [2.75, 3.05) is 50.4 Å². The Morgan fingerprint density at radius 1 is 1.27 bits per heavy atom. The lowest BCUT2D eigenvalue weighted by atomic mass is 10.1. The van der Waals surface area contributed by atoms with Crippen LogP contribution in [0.1, 0.15) is 19.4 Å². The maximum Gasteiger partial charge on any atom is 0.246 e. The summed E-state index contributed by atoms with van der Waals surface area (Å²) in [7, 11) is -2.18. The summed E-state index contributed by atoms with van der Waals surface area (Å²) in [5.41, 5.74) is 1.29. The molecule has 1 aromatic rings. The predicted molar refractivity (Wildman–Crippen MR) is 103 cm³/mol. The number of carbonyl (C=O) groups is 1. The van der Waals surface area contributed by atoms with Crippen molar-refractivity contribution in [1.82, 2.24) is 9.80 Å². The highest BCUT2D eigenvalue weighted by Gasteiger charge is 2.34. The van der Waals surface area contributed by atoms with Gasteiger partial charge >= 0.3 is 0 Å². The molecule has 0 aromatic heterocycles. The number of hydrogen-bond donors (Lipinski definition) is 0. The number of carbonyl (C=O) groups excluding carboxylic acids is 1. The molecule has 1 aliphatic rings. The minimum absolute atomic E-state index is 0.185. The van der Waals surface area contributed by atoms with Gasteiger partial charge in [0.1, 0.15) is 11.8 Å². The number of nitrogens with zero attached hydrogens (tertiary/aromatic N) is 3. The van der Waals surface area contributed by atoms with Gasteiger partial charge in [-0.3, -0.25) is 9.10 Å². The number of rotatable bonds is 6. The lowest BCUT2D eigenvalue weighted by molar-refractivity contribution is -0.133. The van der Waals surface area contributed by atoms with Gasteiger partial charge in [-0.05, 0) is 38.1 Å². The average molecular weight is 384 g/mol. The van der Waals surface area contributed by atoms with Gasteiger partial charge in [0, 0.05) is 26.2 Å². The van der Waals surface area contributed by atoms with E-state index in [0.29, 0.717) is 24.5 Å². The van der Waals surface area contributed by atoms with Crippen LogP contribution in [0, 0.1) is 6.92 Å². The number of ether oxygens (including phenoxy) is 1. The molecule has 8 heteroatoms. The molecule has 1 unspecified atom stereocenters. The molecule has 1 aliphatic heterocycles. The molecule has 7 nitrogen and oxygen atoms in total. The molecule has 1 amide bonds. The van der Waals surface area contributed by atoms with Crippen LogP contribution < -0.4 is 9.04 Å². The Kier molecular flexibility index (Phi) is 6.52. The second-order valence-electron chi connectivity index (χ2n) is 6.67. The van der Waals surface area contributed by atoms with Crippen molar-refractivity contribution in [1.29, 1.82) is 0 Å². The van der Waals surface area contributed by atoms with E-state index in [9.17, 15) is 13.2 Å². The Hall–Kier alpha value is -1.80. The fourth-order valence-corrected chi connectivity index (χ4v) is 4.46. The zero-order chi connectivity index (χ0) is 19.5. The molecule has 0 saturated carbocycles. The van der Waals surface area contributed by atoms with Crippen molar-refractivity contribution < 1.29 is 17.9 Å². The fourth-order valence-electron chi connectivity index (χ4n) is 3.30. The second kappa shape index (κ2) is 8.26. The minimum atomic E-state index is -3.67. The molecule has 1 fully saturated rings. The Morgan fingerprint density at radius 2 is 1.88 bits per heavy atom. The van der Waals surface area contributed by atoms with Gasteiger partial charge in [0.15, 0.2) is 0 Å². The third-order valence-corrected chi connectivity index (χ3v) is 6.00. The van der Waals surface area contributed by atoms with E-state index in [1.165, 1.54) is 11.4 Å². The lowest BCUT2D eigenvalue weighted by Gasteiger charge is -2.38. The standard InChI is InChI=1S/C18H29N3O4S/c1-6-19-9-11-20(12-10-19)18(22)15(3)21(26(5,23)24)16-13-14(2)7-8-17(16)25-4/h7-8,13,15H,6,9-12H2,1-5H3. The minimum Gasteiger partial charge on any atom is -0.495 e. The molecule has 0 aliphatic carbocycles. The van der Waals surface area contributed by atoms with E-state index in [1.54, 1.807) is 24.0 Å². The van der Waals surface area contributed by atoms with Gasteiger partial charge in [-0.15, -0.1) is 0 Å². The fraction of sp³-hybridized carbons (Fsp3) is 0.611. The van der Waals surface area contributed by atoms with Crippen LogP contribution >= 0.6 is 0 Å². The Bertz CT molecular complexity index is 743. The van der Waals surface area contributed by atoms with Crippen LogP contribution in [-0.4, -0.2) is 76.3 Å². The first-order valence-electron chi connectivity index (χ1n) is 8.84. The summed E-state index contributed by atoms with van der Waals surface area (Å²) in [6.45, 7) is 9.39. The van der Waals surface area contributed by atoms with E-state index < -0.39 is 16.1 Å². The van der Waals surface area contributed by atoms with Crippen LogP contribution in [-0.2, 0) is 14.8 Å². The number of hydrogen-bond acceptors (Lipinski definition) is 5. The molecule has 146 valence electrons. The average Bonchev–Trinajstić information content (AvgIpc) is 2.60. The summed E-state index contributed by atoms with van der Waals surface area (Å²) in [6, 6.07) is 4.46. The molecule has 0 radical (unpaired) electrons. The number of sulfonamides is 1. The summed E-state index contributed by atoms with van der Waals surface area (Å²) >= 11 is 0. The van der Waals surface area contributed by atoms with Crippen LogP contribution in [0.15, 0.2) is 18.2 Å². The van der Waals surface area contributed by atoms with Crippen molar-refractivity contribution in [3.63, 3.8) is 0 Å². The van der Waals surface area contributed by atoms with Gasteiger partial charge in [0.25, 0.3) is 0 Å². The largest absolute Gasteiger partial charge is 0.495 e. The molecule has 1 heterocycles. The zero-order valence-electron chi connectivity index (χ0n) is 16.2. The monoisotopic (exact) mass is 383 g/mol. The SMILES string of the molecule is CCN1CCN(C(=O)C(C)N(c2cc(C)ccc2OC)S(C)(=O)=O)CC1. The molecule has 1 atom stereocenters. The Labute approximate surface area is 156 Å². The van der Waals surface area contributed by atoms with Crippen LogP contribution in [0.4, 0.5) is 5.69 Å². The third kappa shape index (κ3) is 4.48. The first-order valence-corrected chi connectivity index (χ1v) is 10.7. The van der Waals surface area contributed by atoms with E-state index in [1.807, 2.05) is 13.0 Å². The zero-order valence-corrected chi connectivity index (χ0v) is 17.0. The molecule has 1 aromatic carbocycles. The summed E-state index contributed by atoms with van der Waals surface area (Å²) in [5.74, 6) is 0.242. The van der Waals surface area contributed by atoms with Crippen LogP contribution in [0.25, 0.3) is 0 Å². The number of piperazine rings is 1. The van der Waals surface area contributed by atoms with Crippen LogP contribution in [0.2, 0.25) is 0 Å². The summed E-state index contributed by atoms with van der Waals surface area (Å²) in [6.07, 6.45) is 1.12. The number of aryl methyl sites for hydroxylation is 1. The molecule has 0 bridgehead atoms. The molecular weight excluding hydrogens is 354 g/mol. The van der Waals surface area contributed by atoms with Gasteiger partial charge < -0.3 is 14.5 Å². The van der Waals surface area contributed by atoms with E-state index in [-0.39, 0.29) is 5.91 Å². The lowest BCUT2D eigenvalue weighted by Crippen LogP contribution is -2.55. The van der Waals surface area contributed by atoms with Crippen molar-refractivity contribution in [3.05, 3.63) is 23.8 Å². The molecular formula is C18H29N3O4S. The first kappa shape index (κ1) is 20.5. The third-order valence-electron chi connectivity index (χ3n) is 4.77. The number of amides is 1. The maximum atomic E-state index is 13.0. The Morgan fingerprint density at radius 3 is 2.38 bits per heavy atom. The summed E-state index contributed by atoms with van der Waals surface area (Å²) in [5, 5.41) is 0. The number of likely N-dealkylation sites (N-methyl/N-ethyl adjacent to an activating group) is 1. The predicted octanol–water partition coefficient (Wildman–Crippen LogP) is 1.32. The highest BCUT2D eigenvalue weighted by Crippen LogP contribution is 2.33. The molecule has 0 spiro atoms. The summed E-state index contributed by atoms with van der Waals surface area (Å²) in [4.78, 5) is 17.0. The normalized spacial score (nSPS) is 17.0. The van der Waals surface area contributed by atoms with Gasteiger partial charge in [-0.2, -0.15) is 0 Å². The van der Waals surface area contributed by atoms with Crippen molar-refractivity contribution >= 4 is 21.6 Å². The van der Waals surface area contributed by atoms with Gasteiger partial charge in [0.2, 0.25) is 15.9 Å². The number of benzene rings is 1. The Balaban J connectivity index is 2.33. The smallest absolute Gasteiger partial charge is 0.246 e. The van der Waals surface area contributed by atoms with Gasteiger partial charge in [-0.1, -0.05) is 13.0 Å². The van der Waals surface area contributed by atoms with Crippen molar-refractivity contribution in [2.24, 2.45) is 0 Å².